The summed E-state index contributed by atoms with van der Waals surface area (Å²) in [5, 5.41) is 3.34. The monoisotopic (exact) mass is 409 g/mol. The third-order valence-corrected chi connectivity index (χ3v) is 6.82. The van der Waals surface area contributed by atoms with E-state index in [1.54, 1.807) is 30.3 Å². The molecule has 1 heterocycles. The molecule has 1 aromatic carbocycles. The van der Waals surface area contributed by atoms with Crippen molar-refractivity contribution in [3.05, 3.63) is 30.3 Å². The number of hydrogen-bond acceptors (Lipinski definition) is 5. The maximum Gasteiger partial charge on any atom is 0.308 e. The number of sulfone groups is 1. The lowest BCUT2D eigenvalue weighted by Gasteiger charge is -2.34. The topological polar surface area (TPSA) is 88.1 Å². The molecule has 0 spiro atoms. The van der Waals surface area contributed by atoms with Crippen LogP contribution in [-0.4, -0.2) is 63.8 Å². The first-order chi connectivity index (χ1) is 13.4. The van der Waals surface area contributed by atoms with Crippen molar-refractivity contribution in [1.82, 2.24) is 10.2 Å². The first kappa shape index (κ1) is 22.2. The highest BCUT2D eigenvalue weighted by Crippen LogP contribution is 2.19. The molecule has 0 amide bonds. The number of rotatable bonds is 7. The molecule has 1 aliphatic heterocycles. The highest BCUT2D eigenvalue weighted by atomic mass is 32.2. The fraction of sp³-hybridized carbons (Fsp3) is 0.600. The summed E-state index contributed by atoms with van der Waals surface area (Å²) in [6.45, 7) is 5.89. The van der Waals surface area contributed by atoms with Crippen molar-refractivity contribution < 1.29 is 17.9 Å². The third kappa shape index (κ3) is 5.95. The van der Waals surface area contributed by atoms with E-state index in [0.29, 0.717) is 49.8 Å². The van der Waals surface area contributed by atoms with Gasteiger partial charge in [-0.1, -0.05) is 25.1 Å². The van der Waals surface area contributed by atoms with Gasteiger partial charge in [-0.05, 0) is 38.3 Å². The first-order valence-corrected chi connectivity index (χ1v) is 11.5. The van der Waals surface area contributed by atoms with Crippen molar-refractivity contribution >= 4 is 21.8 Å². The van der Waals surface area contributed by atoms with E-state index in [0.717, 1.165) is 0 Å². The summed E-state index contributed by atoms with van der Waals surface area (Å²) in [5.74, 6) is 0.474. The van der Waals surface area contributed by atoms with Crippen LogP contribution in [0, 0.1) is 5.92 Å². The average Bonchev–Trinajstić information content (AvgIpc) is 2.72. The summed E-state index contributed by atoms with van der Waals surface area (Å²) >= 11 is 0. The van der Waals surface area contributed by atoms with Crippen LogP contribution >= 0.6 is 0 Å². The van der Waals surface area contributed by atoms with Gasteiger partial charge >= 0.3 is 5.97 Å². The SMILES string of the molecule is CCN=C(NC(CC)CS(=O)(=O)c1ccccc1)N1CCC(C(=O)OC)CC1. The molecule has 0 saturated carbocycles. The Kier molecular flexibility index (Phi) is 8.29. The van der Waals surface area contributed by atoms with E-state index >= 15 is 0 Å². The lowest BCUT2D eigenvalue weighted by molar-refractivity contribution is -0.146. The minimum atomic E-state index is -3.38. The largest absolute Gasteiger partial charge is 0.469 e. The predicted octanol–water partition coefficient (Wildman–Crippen LogP) is 2.09. The number of piperidine rings is 1. The van der Waals surface area contributed by atoms with Crippen LogP contribution in [-0.2, 0) is 19.4 Å². The van der Waals surface area contributed by atoms with Gasteiger partial charge in [0.1, 0.15) is 0 Å². The molecule has 28 heavy (non-hydrogen) atoms. The molecule has 0 bridgehead atoms. The zero-order valence-electron chi connectivity index (χ0n) is 16.9. The Bertz CT molecular complexity index is 757. The van der Waals surface area contributed by atoms with E-state index in [1.165, 1.54) is 7.11 Å². The number of benzene rings is 1. The molecule has 156 valence electrons. The molecule has 8 heteroatoms. The summed E-state index contributed by atoms with van der Waals surface area (Å²) in [6, 6.07) is 8.28. The molecule has 1 atom stereocenters. The number of hydrogen-bond donors (Lipinski definition) is 1. The predicted molar refractivity (Wildman–Crippen MR) is 110 cm³/mol. The molecular weight excluding hydrogens is 378 g/mol. The maximum atomic E-state index is 12.7. The van der Waals surface area contributed by atoms with Crippen molar-refractivity contribution in [2.24, 2.45) is 10.9 Å². The van der Waals surface area contributed by atoms with E-state index < -0.39 is 9.84 Å². The fourth-order valence-corrected chi connectivity index (χ4v) is 4.93. The van der Waals surface area contributed by atoms with E-state index in [2.05, 4.69) is 15.2 Å². The van der Waals surface area contributed by atoms with Gasteiger partial charge in [0.05, 0.1) is 23.7 Å². The Balaban J connectivity index is 2.04. The second-order valence-electron chi connectivity index (χ2n) is 6.93. The van der Waals surface area contributed by atoms with E-state index in [1.807, 2.05) is 13.8 Å². The van der Waals surface area contributed by atoms with E-state index in [-0.39, 0.29) is 23.7 Å². The van der Waals surface area contributed by atoms with E-state index in [4.69, 9.17) is 4.74 Å². The minimum Gasteiger partial charge on any atom is -0.469 e. The van der Waals surface area contributed by atoms with Crippen molar-refractivity contribution in [3.63, 3.8) is 0 Å². The molecule has 0 aliphatic carbocycles. The van der Waals surface area contributed by atoms with Gasteiger partial charge in [0, 0.05) is 25.7 Å². The van der Waals surface area contributed by atoms with Gasteiger partial charge in [-0.25, -0.2) is 8.42 Å². The fourth-order valence-electron chi connectivity index (χ4n) is 3.31. The smallest absolute Gasteiger partial charge is 0.308 e. The van der Waals surface area contributed by atoms with Gasteiger partial charge < -0.3 is 15.0 Å². The molecule has 1 aromatic rings. The van der Waals surface area contributed by atoms with Gasteiger partial charge in [0.2, 0.25) is 0 Å². The van der Waals surface area contributed by atoms with Crippen LogP contribution in [0.2, 0.25) is 0 Å². The Morgan fingerprint density at radius 2 is 1.89 bits per heavy atom. The number of methoxy groups -OCH3 is 1. The number of esters is 1. The van der Waals surface area contributed by atoms with Crippen LogP contribution in [0.25, 0.3) is 0 Å². The molecule has 1 aliphatic rings. The number of likely N-dealkylation sites (tertiary alicyclic amines) is 1. The van der Waals surface area contributed by atoms with Crippen LogP contribution in [0.15, 0.2) is 40.2 Å². The van der Waals surface area contributed by atoms with Crippen LogP contribution in [0.5, 0.6) is 0 Å². The zero-order chi connectivity index (χ0) is 20.6. The number of aliphatic imine (C=N–C) groups is 1. The average molecular weight is 410 g/mol. The number of guanidine groups is 1. The number of carbonyl (C=O) groups is 1. The lowest BCUT2D eigenvalue weighted by atomic mass is 9.97. The number of ether oxygens (including phenoxy) is 1. The highest BCUT2D eigenvalue weighted by molar-refractivity contribution is 7.91. The molecule has 7 nitrogen and oxygen atoms in total. The second kappa shape index (κ2) is 10.5. The normalized spacial score (nSPS) is 17.2. The molecule has 2 rings (SSSR count). The van der Waals surface area contributed by atoms with Gasteiger partial charge in [0.25, 0.3) is 0 Å². The molecular formula is C20H31N3O4S. The van der Waals surface area contributed by atoms with Crippen LogP contribution in [0.1, 0.15) is 33.1 Å². The molecule has 0 radical (unpaired) electrons. The van der Waals surface area contributed by atoms with Crippen LogP contribution < -0.4 is 5.32 Å². The lowest BCUT2D eigenvalue weighted by Crippen LogP contribution is -2.51. The number of nitrogens with zero attached hydrogens (tertiary/aromatic N) is 2. The van der Waals surface area contributed by atoms with Gasteiger partial charge in [-0.15, -0.1) is 0 Å². The zero-order valence-corrected chi connectivity index (χ0v) is 17.7. The summed E-state index contributed by atoms with van der Waals surface area (Å²) in [7, 11) is -1.97. The molecule has 1 N–H and O–H groups in total. The molecule has 1 fully saturated rings. The van der Waals surface area contributed by atoms with E-state index in [9.17, 15) is 13.2 Å². The third-order valence-electron chi connectivity index (χ3n) is 4.99. The molecule has 0 aromatic heterocycles. The summed E-state index contributed by atoms with van der Waals surface area (Å²) in [4.78, 5) is 18.7. The standard InChI is InChI=1S/C20H31N3O4S/c1-4-17(15-28(25,26)18-9-7-6-8-10-18)22-20(21-5-2)23-13-11-16(12-14-23)19(24)27-3/h6-10,16-17H,4-5,11-15H2,1-3H3,(H,21,22). The minimum absolute atomic E-state index is 0.00880. The van der Waals surface area contributed by atoms with Crippen LogP contribution in [0.3, 0.4) is 0 Å². The Hall–Kier alpha value is -2.09. The highest BCUT2D eigenvalue weighted by Gasteiger charge is 2.28. The summed E-state index contributed by atoms with van der Waals surface area (Å²) in [5.41, 5.74) is 0. The number of nitrogens with one attached hydrogen (secondary N) is 1. The van der Waals surface area contributed by atoms with Gasteiger partial charge in [-0.2, -0.15) is 0 Å². The van der Waals surface area contributed by atoms with Crippen molar-refractivity contribution in [2.45, 2.75) is 44.0 Å². The Morgan fingerprint density at radius 1 is 1.25 bits per heavy atom. The van der Waals surface area contributed by atoms with Crippen molar-refractivity contribution in [1.29, 1.82) is 0 Å². The van der Waals surface area contributed by atoms with Crippen molar-refractivity contribution in [2.75, 3.05) is 32.5 Å². The first-order valence-electron chi connectivity index (χ1n) is 9.82. The van der Waals surface area contributed by atoms with Gasteiger partial charge in [0.15, 0.2) is 15.8 Å². The quantitative estimate of drug-likeness (QED) is 0.421. The Morgan fingerprint density at radius 3 is 2.43 bits per heavy atom. The summed E-state index contributed by atoms with van der Waals surface area (Å²) in [6.07, 6.45) is 2.07. The number of carbonyl (C=O) groups excluding carboxylic acids is 1. The van der Waals surface area contributed by atoms with Crippen LogP contribution in [0.4, 0.5) is 0 Å². The maximum absolute atomic E-state index is 12.7. The molecule has 1 unspecified atom stereocenters. The van der Waals surface area contributed by atoms with Gasteiger partial charge in [-0.3, -0.25) is 9.79 Å². The Labute approximate surface area is 168 Å². The second-order valence-corrected chi connectivity index (χ2v) is 8.96. The van der Waals surface area contributed by atoms with Crippen molar-refractivity contribution in [3.8, 4) is 0 Å². The molecule has 1 saturated heterocycles. The summed E-state index contributed by atoms with van der Waals surface area (Å²) < 4.78 is 30.3.